The van der Waals surface area contributed by atoms with E-state index in [2.05, 4.69) is 85.5 Å². The van der Waals surface area contributed by atoms with Crippen molar-refractivity contribution < 1.29 is 16.8 Å². The largest absolute Gasteiger partial charge is 0.0149 e. The first kappa shape index (κ1) is 24.3. The molecule has 1 aromatic carbocycles. The summed E-state index contributed by atoms with van der Waals surface area (Å²) in [5.41, 5.74) is 6.84. The fourth-order valence-electron chi connectivity index (χ4n) is 3.48. The van der Waals surface area contributed by atoms with Crippen molar-refractivity contribution in [2.45, 2.75) is 61.8 Å². The fourth-order valence-corrected chi connectivity index (χ4v) is 10.3. The van der Waals surface area contributed by atoms with E-state index in [4.69, 9.17) is 0 Å². The molecule has 0 radical (unpaired) electrons. The molecule has 1 N–H and O–H groups in total. The molecule has 25 heavy (non-hydrogen) atoms. The van der Waals surface area contributed by atoms with Crippen molar-refractivity contribution >= 4 is 17.0 Å². The minimum absolute atomic E-state index is 0. The summed E-state index contributed by atoms with van der Waals surface area (Å²) in [4.78, 5) is 0. The SMILES string of the molecule is C=C(C)C(=C)C.CC1=Cc2ccccc2[CH]1[Ti]([CH3])([CH3])[NH]C(C)(C)C.[SiH4]. The van der Waals surface area contributed by atoms with Gasteiger partial charge in [-0.2, -0.15) is 0 Å². The topological polar surface area (TPSA) is 12.0 Å². The molecule has 3 heteroatoms. The first-order valence-electron chi connectivity index (χ1n) is 8.73. The van der Waals surface area contributed by atoms with Gasteiger partial charge in [0.25, 0.3) is 0 Å². The van der Waals surface area contributed by atoms with Crippen LogP contribution in [0.15, 0.2) is 54.1 Å². The molecule has 1 aromatic rings. The van der Waals surface area contributed by atoms with Gasteiger partial charge in [-0.1, -0.05) is 24.3 Å². The van der Waals surface area contributed by atoms with Gasteiger partial charge in [-0.3, -0.25) is 0 Å². The van der Waals surface area contributed by atoms with Crippen LogP contribution in [0.25, 0.3) is 6.08 Å². The molecule has 1 atom stereocenters. The molecule has 0 aliphatic heterocycles. The number of rotatable bonds is 3. The van der Waals surface area contributed by atoms with E-state index in [0.29, 0.717) is 4.22 Å². The zero-order valence-corrected chi connectivity index (χ0v) is 18.4. The molecule has 0 fully saturated rings. The first-order chi connectivity index (χ1) is 10.8. The van der Waals surface area contributed by atoms with Crippen molar-refractivity contribution in [2.24, 2.45) is 0 Å². The van der Waals surface area contributed by atoms with Crippen LogP contribution in [0, 0.1) is 0 Å². The molecule has 1 unspecified atom stereocenters. The van der Waals surface area contributed by atoms with Gasteiger partial charge in [0, 0.05) is 0 Å². The third kappa shape index (κ3) is 7.23. The Bertz CT molecular complexity index is 638. The van der Waals surface area contributed by atoms with E-state index in [9.17, 15) is 0 Å². The molecule has 1 aliphatic rings. The Labute approximate surface area is 164 Å². The summed E-state index contributed by atoms with van der Waals surface area (Å²) < 4.78 is 4.61. The van der Waals surface area contributed by atoms with E-state index >= 15 is 0 Å². The summed E-state index contributed by atoms with van der Waals surface area (Å²) in [6.07, 6.45) is 2.37. The molecule has 0 saturated heterocycles. The molecule has 1 aliphatic carbocycles. The minimum atomic E-state index is -2.10. The van der Waals surface area contributed by atoms with E-state index in [1.165, 1.54) is 16.7 Å². The Morgan fingerprint density at radius 3 is 1.96 bits per heavy atom. The van der Waals surface area contributed by atoms with E-state index in [1.54, 1.807) is 0 Å². The number of benzene rings is 1. The second-order valence-electron chi connectivity index (χ2n) is 8.61. The summed E-state index contributed by atoms with van der Waals surface area (Å²) in [5, 5.41) is 4.99. The molecular formula is C22H39NSiTi. The number of fused-ring (bicyclic) bond motifs is 1. The summed E-state index contributed by atoms with van der Waals surface area (Å²) in [6.45, 7) is 20.3. The summed E-state index contributed by atoms with van der Waals surface area (Å²) in [6, 6.07) is 8.87. The maximum absolute atomic E-state index is 3.96. The van der Waals surface area contributed by atoms with Crippen LogP contribution in [0.2, 0.25) is 10.5 Å². The summed E-state index contributed by atoms with van der Waals surface area (Å²) in [7, 11) is 0. The molecule has 0 heterocycles. The molecule has 2 rings (SSSR count). The average molecular weight is 394 g/mol. The molecule has 0 aromatic heterocycles. The Hall–Kier alpha value is -0.669. The maximum Gasteiger partial charge on any atom is -0.0149 e. The third-order valence-electron chi connectivity index (χ3n) is 4.29. The van der Waals surface area contributed by atoms with E-state index < -0.39 is 16.8 Å². The van der Waals surface area contributed by atoms with Gasteiger partial charge in [0.05, 0.1) is 0 Å². The predicted molar refractivity (Wildman–Crippen MR) is 118 cm³/mol. The number of nitrogens with one attached hydrogen (secondary N) is 1. The zero-order chi connectivity index (χ0) is 18.7. The van der Waals surface area contributed by atoms with Crippen LogP contribution in [0.5, 0.6) is 0 Å². The van der Waals surface area contributed by atoms with Gasteiger partial charge >= 0.3 is 116 Å². The summed E-state index contributed by atoms with van der Waals surface area (Å²) >= 11 is -2.10. The predicted octanol–water partition coefficient (Wildman–Crippen LogP) is 5.38. The van der Waals surface area contributed by atoms with Gasteiger partial charge in [-0.05, 0) is 24.8 Å². The third-order valence-corrected chi connectivity index (χ3v) is 9.92. The van der Waals surface area contributed by atoms with Crippen LogP contribution < -0.4 is 3.80 Å². The number of hydrogen-bond donors (Lipinski definition) is 1. The monoisotopic (exact) mass is 393 g/mol. The second kappa shape index (κ2) is 9.32. The number of hydrogen-bond acceptors (Lipinski definition) is 1. The van der Waals surface area contributed by atoms with Gasteiger partial charge in [-0.15, -0.1) is 0 Å². The minimum Gasteiger partial charge on any atom is -0.0149 e. The van der Waals surface area contributed by atoms with Crippen LogP contribution in [0.4, 0.5) is 0 Å². The quantitative estimate of drug-likeness (QED) is 0.537. The average Bonchev–Trinajstić information content (AvgIpc) is 2.72. The maximum atomic E-state index is 3.96. The van der Waals surface area contributed by atoms with Crippen molar-refractivity contribution in [3.8, 4) is 0 Å². The van der Waals surface area contributed by atoms with Crippen LogP contribution in [0.3, 0.4) is 0 Å². The molecule has 1 nitrogen and oxygen atoms in total. The molecule has 0 bridgehead atoms. The van der Waals surface area contributed by atoms with Gasteiger partial charge in [0.15, 0.2) is 0 Å². The molecule has 140 valence electrons. The van der Waals surface area contributed by atoms with Crippen LogP contribution in [-0.4, -0.2) is 16.5 Å². The van der Waals surface area contributed by atoms with E-state index in [0.717, 1.165) is 11.1 Å². The van der Waals surface area contributed by atoms with Crippen molar-refractivity contribution in [3.63, 3.8) is 0 Å². The van der Waals surface area contributed by atoms with E-state index in [1.807, 2.05) is 13.8 Å². The standard InChI is InChI=1S/C10H9.C6H10.C4H10N.2CH3.H4Si.Ti/c1-8-6-9-4-2-3-5-10(9)7-8;1-5(2)6(3)4;1-4(2,3)5;;;;/h2-7H,1H3;1,3H2,2,4H3;5H,1-3H3;2*1H3;1H4;/q;;-1;;;;+1. The zero-order valence-electron chi connectivity index (χ0n) is 16.9. The Morgan fingerprint density at radius 2 is 1.52 bits per heavy atom. The van der Waals surface area contributed by atoms with Crippen LogP contribution in [-0.2, 0) is 16.8 Å². The van der Waals surface area contributed by atoms with E-state index in [-0.39, 0.29) is 16.5 Å². The van der Waals surface area contributed by atoms with Crippen LogP contribution in [0.1, 0.15) is 56.9 Å². The van der Waals surface area contributed by atoms with Crippen molar-refractivity contribution in [2.75, 3.05) is 0 Å². The second-order valence-corrected chi connectivity index (χ2v) is 15.3. The number of allylic oxidation sites excluding steroid dienone is 3. The Morgan fingerprint density at radius 1 is 1.04 bits per heavy atom. The normalized spacial score (nSPS) is 16.0. The van der Waals surface area contributed by atoms with Crippen molar-refractivity contribution in [1.29, 1.82) is 0 Å². The smallest absolute Gasteiger partial charge is 0.0149 e. The Balaban J connectivity index is 0.000000715. The molecule has 0 saturated carbocycles. The van der Waals surface area contributed by atoms with Crippen LogP contribution >= 0.6 is 0 Å². The summed E-state index contributed by atoms with van der Waals surface area (Å²) in [5.74, 6) is 0. The molecule has 0 amide bonds. The van der Waals surface area contributed by atoms with Gasteiger partial charge in [0.2, 0.25) is 0 Å². The van der Waals surface area contributed by atoms with Gasteiger partial charge in [-0.25, -0.2) is 0 Å². The van der Waals surface area contributed by atoms with Gasteiger partial charge in [0.1, 0.15) is 0 Å². The van der Waals surface area contributed by atoms with Gasteiger partial charge < -0.3 is 0 Å². The van der Waals surface area contributed by atoms with Crippen molar-refractivity contribution in [1.82, 2.24) is 3.80 Å². The Kier molecular flexibility index (Phi) is 9.07. The van der Waals surface area contributed by atoms with Crippen molar-refractivity contribution in [3.05, 3.63) is 65.3 Å². The molecule has 0 spiro atoms. The fraction of sp³-hybridized carbons (Fsp3) is 0.455. The first-order valence-corrected chi connectivity index (χ1v) is 13.5. The molecular weight excluding hydrogens is 354 g/mol.